The third kappa shape index (κ3) is 5.49. The van der Waals surface area contributed by atoms with Crippen LogP contribution in [0.5, 0.6) is 0 Å². The Kier molecular flexibility index (Phi) is 7.66. The lowest BCUT2D eigenvalue weighted by Gasteiger charge is -2.14. The van der Waals surface area contributed by atoms with Crippen molar-refractivity contribution in [3.8, 4) is 0 Å². The summed E-state index contributed by atoms with van der Waals surface area (Å²) in [6, 6.07) is 7.32. The first-order chi connectivity index (χ1) is 14.4. The average Bonchev–Trinajstić information content (AvgIpc) is 3.07. The zero-order valence-electron chi connectivity index (χ0n) is 17.0. The predicted octanol–water partition coefficient (Wildman–Crippen LogP) is 4.68. The molecule has 2 aromatic rings. The summed E-state index contributed by atoms with van der Waals surface area (Å²) in [6.07, 6.45) is 2.85. The number of amides is 1. The first-order valence-electron chi connectivity index (χ1n) is 9.95. The zero-order chi connectivity index (χ0) is 21.7. The molecule has 8 heteroatoms. The van der Waals surface area contributed by atoms with Crippen molar-refractivity contribution in [2.45, 2.75) is 52.1 Å². The Labute approximate surface area is 188 Å². The summed E-state index contributed by atoms with van der Waals surface area (Å²) < 4.78 is 11.4. The van der Waals surface area contributed by atoms with Crippen LogP contribution in [-0.4, -0.2) is 30.6 Å². The quantitative estimate of drug-likeness (QED) is 0.566. The molecule has 0 fully saturated rings. The van der Waals surface area contributed by atoms with Crippen LogP contribution in [0.3, 0.4) is 0 Å². The number of aryl methyl sites for hydroxylation is 1. The van der Waals surface area contributed by atoms with E-state index in [0.717, 1.165) is 46.2 Å². The maximum atomic E-state index is 12.7. The molecule has 1 amide bonds. The lowest BCUT2D eigenvalue weighted by atomic mass is 9.95. The molecule has 1 N–H and O–H groups in total. The van der Waals surface area contributed by atoms with Crippen molar-refractivity contribution in [1.29, 1.82) is 0 Å². The second-order valence-corrected chi connectivity index (χ2v) is 9.08. The smallest absolute Gasteiger partial charge is 0.341 e. The lowest BCUT2D eigenvalue weighted by molar-refractivity contribution is -0.152. The number of hydrogen-bond acceptors (Lipinski definition) is 6. The highest BCUT2D eigenvalue weighted by molar-refractivity contribution is 9.10. The van der Waals surface area contributed by atoms with E-state index in [1.54, 1.807) is 6.92 Å². The number of benzene rings is 1. The Hall–Kier alpha value is -2.19. The number of halogens is 1. The fraction of sp³-hybridized carbons (Fsp3) is 0.409. The third-order valence-corrected chi connectivity index (χ3v) is 6.56. The standard InChI is InChI=1S/C22H24BrNO5S/c1-3-28-22(27)19-16-6-4-5-7-17(16)30-21(19)24-20(26)13(2)29-18(25)12-14-8-10-15(23)11-9-14/h8-11,13H,3-7,12H2,1-2H3,(H,24,26). The summed E-state index contributed by atoms with van der Waals surface area (Å²) in [5.41, 5.74) is 2.21. The molecule has 1 aromatic carbocycles. The van der Waals surface area contributed by atoms with Gasteiger partial charge >= 0.3 is 11.9 Å². The molecular formula is C22H24BrNO5S. The van der Waals surface area contributed by atoms with Crippen molar-refractivity contribution in [2.75, 3.05) is 11.9 Å². The summed E-state index contributed by atoms with van der Waals surface area (Å²) >= 11 is 4.76. The summed E-state index contributed by atoms with van der Waals surface area (Å²) in [5, 5.41) is 3.25. The summed E-state index contributed by atoms with van der Waals surface area (Å²) in [7, 11) is 0. The average molecular weight is 494 g/mol. The van der Waals surface area contributed by atoms with Crippen LogP contribution >= 0.6 is 27.3 Å². The Morgan fingerprint density at radius 2 is 1.87 bits per heavy atom. The summed E-state index contributed by atoms with van der Waals surface area (Å²) in [4.78, 5) is 38.5. The van der Waals surface area contributed by atoms with Gasteiger partial charge in [0.1, 0.15) is 5.00 Å². The predicted molar refractivity (Wildman–Crippen MR) is 119 cm³/mol. The molecule has 1 aliphatic carbocycles. The zero-order valence-corrected chi connectivity index (χ0v) is 19.4. The molecular weight excluding hydrogens is 470 g/mol. The van der Waals surface area contributed by atoms with Gasteiger partial charge in [-0.05, 0) is 62.8 Å². The molecule has 6 nitrogen and oxygen atoms in total. The van der Waals surface area contributed by atoms with Gasteiger partial charge in [-0.15, -0.1) is 11.3 Å². The normalized spacial score (nSPS) is 13.8. The minimum Gasteiger partial charge on any atom is -0.462 e. The summed E-state index contributed by atoms with van der Waals surface area (Å²) in [5.74, 6) is -1.38. The molecule has 160 valence electrons. The molecule has 0 saturated carbocycles. The monoisotopic (exact) mass is 493 g/mol. The SMILES string of the molecule is CCOC(=O)c1c(NC(=O)C(C)OC(=O)Cc2ccc(Br)cc2)sc2c1CCCC2. The Bertz CT molecular complexity index is 938. The highest BCUT2D eigenvalue weighted by Crippen LogP contribution is 2.38. The molecule has 0 spiro atoms. The van der Waals surface area contributed by atoms with Crippen LogP contribution in [0.4, 0.5) is 5.00 Å². The van der Waals surface area contributed by atoms with E-state index in [1.807, 2.05) is 24.3 Å². The molecule has 30 heavy (non-hydrogen) atoms. The number of rotatable bonds is 7. The molecule has 0 radical (unpaired) electrons. The first-order valence-corrected chi connectivity index (χ1v) is 11.6. The maximum Gasteiger partial charge on any atom is 0.341 e. The lowest BCUT2D eigenvalue weighted by Crippen LogP contribution is -2.30. The fourth-order valence-electron chi connectivity index (χ4n) is 3.35. The number of anilines is 1. The van der Waals surface area contributed by atoms with Gasteiger partial charge in [-0.2, -0.15) is 0 Å². The molecule has 0 aliphatic heterocycles. The molecule has 1 aliphatic rings. The molecule has 1 aromatic heterocycles. The third-order valence-electron chi connectivity index (χ3n) is 4.83. The van der Waals surface area contributed by atoms with Crippen LogP contribution in [0.25, 0.3) is 0 Å². The van der Waals surface area contributed by atoms with Gasteiger partial charge in [0.15, 0.2) is 6.10 Å². The maximum absolute atomic E-state index is 12.7. The second-order valence-electron chi connectivity index (χ2n) is 7.06. The van der Waals surface area contributed by atoms with Gasteiger partial charge in [-0.25, -0.2) is 4.79 Å². The topological polar surface area (TPSA) is 81.7 Å². The van der Waals surface area contributed by atoms with Crippen molar-refractivity contribution in [2.24, 2.45) is 0 Å². The van der Waals surface area contributed by atoms with Gasteiger partial charge in [0.2, 0.25) is 0 Å². The van der Waals surface area contributed by atoms with E-state index in [0.29, 0.717) is 10.6 Å². The molecule has 0 bridgehead atoms. The van der Waals surface area contributed by atoms with Crippen LogP contribution in [0.2, 0.25) is 0 Å². The van der Waals surface area contributed by atoms with Crippen molar-refractivity contribution in [1.82, 2.24) is 0 Å². The van der Waals surface area contributed by atoms with Crippen LogP contribution in [0.15, 0.2) is 28.7 Å². The van der Waals surface area contributed by atoms with E-state index in [9.17, 15) is 14.4 Å². The Balaban J connectivity index is 1.67. The van der Waals surface area contributed by atoms with Gasteiger partial charge in [0, 0.05) is 9.35 Å². The van der Waals surface area contributed by atoms with Gasteiger partial charge in [-0.1, -0.05) is 28.1 Å². The number of carbonyl (C=O) groups excluding carboxylic acids is 3. The number of hydrogen-bond donors (Lipinski definition) is 1. The molecule has 3 rings (SSSR count). The van der Waals surface area contributed by atoms with Crippen LogP contribution < -0.4 is 5.32 Å². The Morgan fingerprint density at radius 3 is 2.57 bits per heavy atom. The van der Waals surface area contributed by atoms with Crippen LogP contribution in [-0.2, 0) is 38.3 Å². The molecule has 1 atom stereocenters. The minimum atomic E-state index is -0.984. The summed E-state index contributed by atoms with van der Waals surface area (Å²) in [6.45, 7) is 3.54. The van der Waals surface area contributed by atoms with Gasteiger partial charge in [0.25, 0.3) is 5.91 Å². The van der Waals surface area contributed by atoms with Crippen molar-refractivity contribution < 1.29 is 23.9 Å². The van der Waals surface area contributed by atoms with Crippen LogP contribution in [0.1, 0.15) is 53.1 Å². The van der Waals surface area contributed by atoms with Crippen molar-refractivity contribution in [3.63, 3.8) is 0 Å². The van der Waals surface area contributed by atoms with E-state index >= 15 is 0 Å². The number of ether oxygens (including phenoxy) is 2. The number of nitrogens with one attached hydrogen (secondary N) is 1. The fourth-order valence-corrected chi connectivity index (χ4v) is 4.89. The molecule has 1 unspecified atom stereocenters. The first kappa shape index (κ1) is 22.5. The van der Waals surface area contributed by atoms with E-state index < -0.39 is 23.9 Å². The Morgan fingerprint density at radius 1 is 1.17 bits per heavy atom. The molecule has 0 saturated heterocycles. The van der Waals surface area contributed by atoms with Gasteiger partial charge in [0.05, 0.1) is 18.6 Å². The van der Waals surface area contributed by atoms with Crippen molar-refractivity contribution in [3.05, 3.63) is 50.3 Å². The van der Waals surface area contributed by atoms with E-state index in [1.165, 1.54) is 18.3 Å². The second kappa shape index (κ2) is 10.2. The largest absolute Gasteiger partial charge is 0.462 e. The number of carbonyl (C=O) groups is 3. The number of esters is 2. The molecule has 1 heterocycles. The number of thiophene rings is 1. The van der Waals surface area contributed by atoms with Crippen LogP contribution in [0, 0.1) is 0 Å². The van der Waals surface area contributed by atoms with E-state index in [-0.39, 0.29) is 13.0 Å². The van der Waals surface area contributed by atoms with Gasteiger partial charge < -0.3 is 14.8 Å². The van der Waals surface area contributed by atoms with E-state index in [2.05, 4.69) is 21.2 Å². The number of fused-ring (bicyclic) bond motifs is 1. The minimum absolute atomic E-state index is 0.0757. The highest BCUT2D eigenvalue weighted by Gasteiger charge is 2.28. The van der Waals surface area contributed by atoms with E-state index in [4.69, 9.17) is 9.47 Å². The van der Waals surface area contributed by atoms with Gasteiger partial charge in [-0.3, -0.25) is 9.59 Å². The highest BCUT2D eigenvalue weighted by atomic mass is 79.9. The van der Waals surface area contributed by atoms with Crippen molar-refractivity contribution >= 4 is 50.1 Å².